The van der Waals surface area contributed by atoms with Crippen LogP contribution in [-0.2, 0) is 15.9 Å². The van der Waals surface area contributed by atoms with Gasteiger partial charge >= 0.3 is 0 Å². The van der Waals surface area contributed by atoms with Gasteiger partial charge in [-0.15, -0.1) is 0 Å². The van der Waals surface area contributed by atoms with E-state index in [2.05, 4.69) is 9.97 Å². The molecule has 8 nitrogen and oxygen atoms in total. The molecular weight excluding hydrogens is 531 g/mol. The summed E-state index contributed by atoms with van der Waals surface area (Å²) in [4.78, 5) is 13.9. The molecule has 0 aliphatic carbocycles. The quantitative estimate of drug-likeness (QED) is 0.0984. The molecule has 0 aliphatic heterocycles. The Kier molecular flexibility index (Phi) is 8.10. The zero-order chi connectivity index (χ0) is 25.1. The first kappa shape index (κ1) is 25.6. The molecule has 2 heterocycles. The fourth-order valence-electron chi connectivity index (χ4n) is 3.37. The van der Waals surface area contributed by atoms with E-state index in [-0.39, 0.29) is 22.7 Å². The highest BCUT2D eigenvalue weighted by atomic mass is 35.5. The molecule has 0 spiro atoms. The van der Waals surface area contributed by atoms with Crippen molar-refractivity contribution in [3.63, 3.8) is 0 Å². The largest absolute Gasteiger partial charge is 0.612 e. The van der Waals surface area contributed by atoms with Gasteiger partial charge in [-0.1, -0.05) is 47.1 Å². The maximum Gasteiger partial charge on any atom is 0.188 e. The molecule has 12 heteroatoms. The zero-order valence-electron chi connectivity index (χ0n) is 18.9. The lowest BCUT2D eigenvalue weighted by Crippen LogP contribution is -2.02. The number of halogens is 2. The molecule has 1 atom stereocenters. The Hall–Kier alpha value is -2.47. The summed E-state index contributed by atoms with van der Waals surface area (Å²) in [5, 5.41) is 12.3. The topological polar surface area (TPSA) is 105 Å². The third kappa shape index (κ3) is 5.37. The molecule has 4 aromatic rings. The molecule has 0 bridgehead atoms. The van der Waals surface area contributed by atoms with Gasteiger partial charge in [-0.25, -0.2) is 15.0 Å². The van der Waals surface area contributed by atoms with Crippen LogP contribution < -0.4 is 4.74 Å². The number of methoxy groups -OCH3 is 1. The summed E-state index contributed by atoms with van der Waals surface area (Å²) in [6.07, 6.45) is 5.02. The van der Waals surface area contributed by atoms with Crippen molar-refractivity contribution in [2.75, 3.05) is 26.4 Å². The van der Waals surface area contributed by atoms with Gasteiger partial charge in [0, 0.05) is 31.0 Å². The number of nitrogens with zero attached hydrogens (tertiary/aromatic N) is 4. The zero-order valence-corrected chi connectivity index (χ0v) is 22.0. The first-order valence-corrected chi connectivity index (χ1v) is 13.6. The molecule has 2 aromatic carbocycles. The lowest BCUT2D eigenvalue weighted by atomic mass is 10.1. The van der Waals surface area contributed by atoms with Gasteiger partial charge in [0.2, 0.25) is 0 Å². The van der Waals surface area contributed by atoms with E-state index in [0.29, 0.717) is 44.0 Å². The SMILES string of the molecule is COCOc1cccc(-c2c(-c3ccnc(SC)n3)nc(-c3c(Cl)cc([S+](C)[O-])cc3Cl)n2O)c1. The molecule has 4 rings (SSSR count). The van der Waals surface area contributed by atoms with Crippen LogP contribution in [0.25, 0.3) is 34.0 Å². The highest BCUT2D eigenvalue weighted by Gasteiger charge is 2.26. The number of thioether (sulfide) groups is 1. The van der Waals surface area contributed by atoms with Gasteiger partial charge in [0.05, 0.1) is 21.3 Å². The highest BCUT2D eigenvalue weighted by molar-refractivity contribution is 7.98. The van der Waals surface area contributed by atoms with Crippen LogP contribution >= 0.6 is 35.0 Å². The Morgan fingerprint density at radius 2 is 1.89 bits per heavy atom. The van der Waals surface area contributed by atoms with E-state index in [1.165, 1.54) is 25.1 Å². The Labute approximate surface area is 219 Å². The van der Waals surface area contributed by atoms with Gasteiger partial charge < -0.3 is 19.2 Å². The second kappa shape index (κ2) is 11.1. The second-order valence-corrected chi connectivity index (χ2v) is 10.1. The minimum absolute atomic E-state index is 0.0688. The number of ether oxygens (including phenoxy) is 2. The minimum atomic E-state index is -1.29. The predicted octanol–water partition coefficient (Wildman–Crippen LogP) is 5.66. The normalized spacial score (nSPS) is 12.1. The standard InChI is InChI=1S/C23H20Cl2N4O4S2/c1-32-12-33-14-6-4-5-13(9-14)21-20(18-7-8-26-23(27-18)34-2)28-22(29(21)30)19-16(24)10-15(35(3)31)11-17(19)25/h4-11,30H,12H2,1-3H3. The molecule has 35 heavy (non-hydrogen) atoms. The first-order chi connectivity index (χ1) is 16.8. The summed E-state index contributed by atoms with van der Waals surface area (Å²) in [7, 11) is 1.53. The van der Waals surface area contributed by atoms with Gasteiger partial charge in [-0.05, 0) is 35.6 Å². The van der Waals surface area contributed by atoms with Gasteiger partial charge in [-0.2, -0.15) is 4.73 Å². The van der Waals surface area contributed by atoms with Crippen LogP contribution in [-0.4, -0.2) is 55.9 Å². The van der Waals surface area contributed by atoms with Crippen LogP contribution in [0.15, 0.2) is 58.7 Å². The smallest absolute Gasteiger partial charge is 0.188 e. The van der Waals surface area contributed by atoms with Crippen molar-refractivity contribution < 1.29 is 19.2 Å². The van der Waals surface area contributed by atoms with Gasteiger partial charge in [0.1, 0.15) is 23.4 Å². The highest BCUT2D eigenvalue weighted by Crippen LogP contribution is 2.41. The number of rotatable bonds is 8. The van der Waals surface area contributed by atoms with E-state index in [4.69, 9.17) is 37.7 Å². The lowest BCUT2D eigenvalue weighted by Gasteiger charge is -2.11. The Balaban J connectivity index is 1.96. The monoisotopic (exact) mass is 550 g/mol. The van der Waals surface area contributed by atoms with Crippen molar-refractivity contribution in [3.05, 3.63) is 58.7 Å². The van der Waals surface area contributed by atoms with Crippen molar-refractivity contribution in [2.24, 2.45) is 0 Å². The van der Waals surface area contributed by atoms with Crippen molar-refractivity contribution >= 4 is 46.1 Å². The van der Waals surface area contributed by atoms with E-state index < -0.39 is 11.2 Å². The summed E-state index contributed by atoms with van der Waals surface area (Å²) in [6, 6.07) is 11.9. The number of hydrogen-bond donors (Lipinski definition) is 1. The predicted molar refractivity (Wildman–Crippen MR) is 138 cm³/mol. The Morgan fingerprint density at radius 3 is 2.54 bits per heavy atom. The summed E-state index contributed by atoms with van der Waals surface area (Å²) < 4.78 is 23.4. The molecule has 2 aromatic heterocycles. The minimum Gasteiger partial charge on any atom is -0.612 e. The van der Waals surface area contributed by atoms with E-state index >= 15 is 0 Å². The van der Waals surface area contributed by atoms with Gasteiger partial charge in [0.25, 0.3) is 0 Å². The van der Waals surface area contributed by atoms with E-state index in [0.717, 1.165) is 4.73 Å². The summed E-state index contributed by atoms with van der Waals surface area (Å²) in [6.45, 7) is 0.0688. The first-order valence-electron chi connectivity index (χ1n) is 10.1. The molecule has 0 saturated carbocycles. The third-order valence-electron chi connectivity index (χ3n) is 4.94. The Morgan fingerprint density at radius 1 is 1.14 bits per heavy atom. The number of aromatic nitrogens is 4. The summed E-state index contributed by atoms with van der Waals surface area (Å²) in [5.74, 6) is 0.641. The molecule has 0 radical (unpaired) electrons. The number of hydrogen-bond acceptors (Lipinski definition) is 8. The fraction of sp³-hybridized carbons (Fsp3) is 0.174. The molecular formula is C23H20Cl2N4O4S2. The Bertz CT molecular complexity index is 1340. The van der Waals surface area contributed by atoms with Crippen LogP contribution in [0.1, 0.15) is 0 Å². The molecule has 1 N–H and O–H groups in total. The van der Waals surface area contributed by atoms with Crippen LogP contribution in [0.4, 0.5) is 0 Å². The molecule has 1 unspecified atom stereocenters. The second-order valence-electron chi connectivity index (χ2n) is 7.17. The molecule has 0 aliphatic rings. The van der Waals surface area contributed by atoms with Crippen molar-refractivity contribution in [3.8, 4) is 39.8 Å². The van der Waals surface area contributed by atoms with Crippen molar-refractivity contribution in [2.45, 2.75) is 10.1 Å². The third-order valence-corrected chi connectivity index (χ3v) is 6.99. The van der Waals surface area contributed by atoms with Crippen molar-refractivity contribution in [1.82, 2.24) is 19.7 Å². The molecule has 182 valence electrons. The number of imidazole rings is 1. The van der Waals surface area contributed by atoms with Crippen LogP contribution in [0.3, 0.4) is 0 Å². The average molecular weight is 551 g/mol. The fourth-order valence-corrected chi connectivity index (χ4v) is 5.08. The summed E-state index contributed by atoms with van der Waals surface area (Å²) in [5.41, 5.74) is 2.14. The molecule has 0 fully saturated rings. The van der Waals surface area contributed by atoms with E-state index in [1.54, 1.807) is 48.7 Å². The van der Waals surface area contributed by atoms with Gasteiger partial charge in [0.15, 0.2) is 22.7 Å². The lowest BCUT2D eigenvalue weighted by molar-refractivity contribution is 0.0511. The average Bonchev–Trinajstić information content (AvgIpc) is 3.19. The molecule has 0 saturated heterocycles. The van der Waals surface area contributed by atoms with Gasteiger partial charge in [-0.3, -0.25) is 0 Å². The molecule has 0 amide bonds. The van der Waals surface area contributed by atoms with Crippen LogP contribution in [0.5, 0.6) is 5.75 Å². The maximum atomic E-state index is 11.9. The van der Waals surface area contributed by atoms with E-state index in [1.807, 2.05) is 6.26 Å². The summed E-state index contributed by atoms with van der Waals surface area (Å²) >= 11 is 13.1. The van der Waals surface area contributed by atoms with E-state index in [9.17, 15) is 9.76 Å². The van der Waals surface area contributed by atoms with Crippen LogP contribution in [0.2, 0.25) is 10.0 Å². The maximum absolute atomic E-state index is 11.9. The van der Waals surface area contributed by atoms with Crippen LogP contribution in [0, 0.1) is 0 Å². The number of benzene rings is 2. The van der Waals surface area contributed by atoms with Crippen molar-refractivity contribution in [1.29, 1.82) is 0 Å².